The van der Waals surface area contributed by atoms with Gasteiger partial charge >= 0.3 is 0 Å². The molecule has 2 amide bonds. The zero-order valence-electron chi connectivity index (χ0n) is 17.7. The number of aryl methyl sites for hydroxylation is 1. The maximum absolute atomic E-state index is 13.0. The Labute approximate surface area is 181 Å². The van der Waals surface area contributed by atoms with Crippen molar-refractivity contribution in [3.63, 3.8) is 0 Å². The number of likely N-dealkylation sites (tertiary alicyclic amines) is 1. The fourth-order valence-electron chi connectivity index (χ4n) is 4.51. The summed E-state index contributed by atoms with van der Waals surface area (Å²) in [5.74, 6) is 1.05. The molecule has 0 radical (unpaired) electrons. The molecule has 1 aliphatic heterocycles. The van der Waals surface area contributed by atoms with Gasteiger partial charge in [0.2, 0.25) is 5.91 Å². The van der Waals surface area contributed by atoms with Gasteiger partial charge in [0.1, 0.15) is 17.0 Å². The maximum Gasteiger partial charge on any atom is 0.261 e. The highest BCUT2D eigenvalue weighted by atomic mass is 32.1. The van der Waals surface area contributed by atoms with Crippen molar-refractivity contribution in [3.05, 3.63) is 16.8 Å². The van der Waals surface area contributed by atoms with Crippen LogP contribution >= 0.6 is 11.3 Å². The van der Waals surface area contributed by atoms with Crippen molar-refractivity contribution in [3.8, 4) is 0 Å². The highest BCUT2D eigenvalue weighted by molar-refractivity contribution is 7.20. The molecule has 0 aromatic carbocycles. The Balaban J connectivity index is 1.41. The lowest BCUT2D eigenvalue weighted by atomic mass is 10.1. The molecule has 0 atom stereocenters. The number of thiophene rings is 1. The van der Waals surface area contributed by atoms with Crippen LogP contribution in [0.3, 0.4) is 0 Å². The highest BCUT2D eigenvalue weighted by Crippen LogP contribution is 2.33. The van der Waals surface area contributed by atoms with Crippen molar-refractivity contribution in [2.45, 2.75) is 70.8 Å². The van der Waals surface area contributed by atoms with Crippen LogP contribution in [0.25, 0.3) is 10.2 Å². The first kappa shape index (κ1) is 21.0. The number of carbonyl (C=O) groups is 2. The predicted octanol–water partition coefficient (Wildman–Crippen LogP) is 3.88. The molecule has 1 aliphatic carbocycles. The van der Waals surface area contributed by atoms with Crippen LogP contribution in [-0.2, 0) is 4.79 Å². The number of rotatable bonds is 7. The van der Waals surface area contributed by atoms with Crippen molar-refractivity contribution < 1.29 is 9.59 Å². The lowest BCUT2D eigenvalue weighted by Gasteiger charge is -2.16. The molecule has 2 fully saturated rings. The number of fused-ring (bicyclic) bond motifs is 1. The topological polar surface area (TPSA) is 87.2 Å². The summed E-state index contributed by atoms with van der Waals surface area (Å²) in [5.41, 5.74) is 0.943. The Morgan fingerprint density at radius 3 is 2.73 bits per heavy atom. The molecular formula is C22H31N5O2S. The van der Waals surface area contributed by atoms with Gasteiger partial charge in [-0.1, -0.05) is 25.7 Å². The molecule has 2 aromatic heterocycles. The Kier molecular flexibility index (Phi) is 6.82. The van der Waals surface area contributed by atoms with E-state index in [1.54, 1.807) is 6.33 Å². The van der Waals surface area contributed by atoms with Crippen LogP contribution in [0.1, 0.15) is 73.0 Å². The molecule has 2 aliphatic rings. The van der Waals surface area contributed by atoms with Crippen molar-refractivity contribution in [1.29, 1.82) is 0 Å². The van der Waals surface area contributed by atoms with Gasteiger partial charge in [-0.25, -0.2) is 9.97 Å². The molecule has 0 spiro atoms. The molecule has 3 heterocycles. The van der Waals surface area contributed by atoms with E-state index in [1.807, 2.05) is 11.8 Å². The van der Waals surface area contributed by atoms with Gasteiger partial charge in [-0.3, -0.25) is 9.59 Å². The van der Waals surface area contributed by atoms with Gasteiger partial charge in [0.15, 0.2) is 0 Å². The first-order chi connectivity index (χ1) is 14.6. The first-order valence-corrected chi connectivity index (χ1v) is 12.0. The normalized spacial score (nSPS) is 18.0. The maximum atomic E-state index is 13.0. The van der Waals surface area contributed by atoms with E-state index < -0.39 is 0 Å². The molecule has 4 rings (SSSR count). The van der Waals surface area contributed by atoms with Crippen molar-refractivity contribution >= 4 is 39.2 Å². The van der Waals surface area contributed by atoms with Crippen LogP contribution in [-0.4, -0.2) is 52.4 Å². The Bertz CT molecular complexity index is 904. The summed E-state index contributed by atoms with van der Waals surface area (Å²) in [6.45, 7) is 4.37. The summed E-state index contributed by atoms with van der Waals surface area (Å²) < 4.78 is 0. The smallest absolute Gasteiger partial charge is 0.261 e. The van der Waals surface area contributed by atoms with Crippen LogP contribution in [0.2, 0.25) is 0 Å². The van der Waals surface area contributed by atoms with Crippen molar-refractivity contribution in [1.82, 2.24) is 20.2 Å². The quantitative estimate of drug-likeness (QED) is 0.515. The predicted molar refractivity (Wildman–Crippen MR) is 120 cm³/mol. The minimum atomic E-state index is 0.0147. The number of carbonyl (C=O) groups excluding carboxylic acids is 2. The molecule has 0 bridgehead atoms. The van der Waals surface area contributed by atoms with Gasteiger partial charge in [0, 0.05) is 32.1 Å². The molecule has 162 valence electrons. The average molecular weight is 430 g/mol. The lowest BCUT2D eigenvalue weighted by Crippen LogP contribution is -2.34. The van der Waals surface area contributed by atoms with E-state index in [0.29, 0.717) is 6.42 Å². The Morgan fingerprint density at radius 2 is 2.00 bits per heavy atom. The number of nitrogens with zero attached hydrogens (tertiary/aromatic N) is 3. The number of hydrogen-bond acceptors (Lipinski definition) is 6. The van der Waals surface area contributed by atoms with Crippen LogP contribution < -0.4 is 10.6 Å². The van der Waals surface area contributed by atoms with E-state index in [2.05, 4.69) is 20.6 Å². The summed E-state index contributed by atoms with van der Waals surface area (Å²) in [6, 6.07) is 0.279. The Morgan fingerprint density at radius 1 is 1.20 bits per heavy atom. The van der Waals surface area contributed by atoms with Crippen LogP contribution in [0.4, 0.5) is 5.82 Å². The largest absolute Gasteiger partial charge is 0.369 e. The van der Waals surface area contributed by atoms with E-state index in [0.717, 1.165) is 71.8 Å². The first-order valence-electron chi connectivity index (χ1n) is 11.2. The number of aromatic nitrogens is 2. The minimum Gasteiger partial charge on any atom is -0.369 e. The van der Waals surface area contributed by atoms with Gasteiger partial charge in [-0.15, -0.1) is 11.3 Å². The monoisotopic (exact) mass is 429 g/mol. The SMILES string of the molecule is Cc1c(C(=O)NC2CCCCCC2)sc2ncnc(NCCCN3CCCC3=O)c12. The molecule has 7 nitrogen and oxygen atoms in total. The number of hydrogen-bond donors (Lipinski definition) is 2. The average Bonchev–Trinajstić information content (AvgIpc) is 3.19. The van der Waals surface area contributed by atoms with Crippen molar-refractivity contribution in [2.24, 2.45) is 0 Å². The van der Waals surface area contributed by atoms with Crippen LogP contribution in [0.5, 0.6) is 0 Å². The van der Waals surface area contributed by atoms with E-state index >= 15 is 0 Å². The van der Waals surface area contributed by atoms with E-state index in [-0.39, 0.29) is 17.9 Å². The third kappa shape index (κ3) is 4.74. The second-order valence-corrected chi connectivity index (χ2v) is 9.38. The lowest BCUT2D eigenvalue weighted by molar-refractivity contribution is -0.127. The molecule has 30 heavy (non-hydrogen) atoms. The zero-order chi connectivity index (χ0) is 20.9. The van der Waals surface area contributed by atoms with Gasteiger partial charge in [0.05, 0.1) is 10.3 Å². The summed E-state index contributed by atoms with van der Waals surface area (Å²) in [7, 11) is 0. The molecule has 1 saturated heterocycles. The molecule has 2 aromatic rings. The fraction of sp³-hybridized carbons (Fsp3) is 0.636. The van der Waals surface area contributed by atoms with Crippen LogP contribution in [0, 0.1) is 6.92 Å². The summed E-state index contributed by atoms with van der Waals surface area (Å²) in [6.07, 6.45) is 11.1. The fourth-order valence-corrected chi connectivity index (χ4v) is 5.57. The summed E-state index contributed by atoms with van der Waals surface area (Å²) >= 11 is 1.44. The summed E-state index contributed by atoms with van der Waals surface area (Å²) in [5, 5.41) is 7.58. The minimum absolute atomic E-state index is 0.0147. The van der Waals surface area contributed by atoms with Gasteiger partial charge in [-0.2, -0.15) is 0 Å². The van der Waals surface area contributed by atoms with Crippen molar-refractivity contribution in [2.75, 3.05) is 25.0 Å². The molecule has 0 unspecified atom stereocenters. The Hall–Kier alpha value is -2.22. The standard InChI is InChI=1S/C22H31N5O2S/c1-15-18-20(23-11-7-13-27-12-6-10-17(27)28)24-14-25-22(18)30-19(15)21(29)26-16-8-4-2-3-5-9-16/h14,16H,2-13H2,1H3,(H,26,29)(H,23,24,25). The highest BCUT2D eigenvalue weighted by Gasteiger charge is 2.22. The number of amides is 2. The number of nitrogens with one attached hydrogen (secondary N) is 2. The molecular weight excluding hydrogens is 398 g/mol. The molecule has 8 heteroatoms. The molecule has 1 saturated carbocycles. The number of anilines is 1. The van der Waals surface area contributed by atoms with Gasteiger partial charge in [-0.05, 0) is 38.2 Å². The van der Waals surface area contributed by atoms with E-state index in [9.17, 15) is 9.59 Å². The summed E-state index contributed by atoms with van der Waals surface area (Å²) in [4.78, 5) is 37.0. The second-order valence-electron chi connectivity index (χ2n) is 8.39. The second kappa shape index (κ2) is 9.73. The van der Waals surface area contributed by atoms with Gasteiger partial charge in [0.25, 0.3) is 5.91 Å². The van der Waals surface area contributed by atoms with Gasteiger partial charge < -0.3 is 15.5 Å². The molecule has 2 N–H and O–H groups in total. The zero-order valence-corrected chi connectivity index (χ0v) is 18.5. The van der Waals surface area contributed by atoms with E-state index in [1.165, 1.54) is 37.0 Å². The van der Waals surface area contributed by atoms with Crippen LogP contribution in [0.15, 0.2) is 6.33 Å². The van der Waals surface area contributed by atoms with E-state index in [4.69, 9.17) is 0 Å². The third-order valence-corrected chi connectivity index (χ3v) is 7.39. The third-order valence-electron chi connectivity index (χ3n) is 6.19.